The van der Waals surface area contributed by atoms with E-state index in [1.165, 1.54) is 18.5 Å². The lowest BCUT2D eigenvalue weighted by atomic mass is 10.2. The molecule has 0 unspecified atom stereocenters. The highest BCUT2D eigenvalue weighted by Gasteiger charge is 2.29. The van der Waals surface area contributed by atoms with Crippen LogP contribution in [0.15, 0.2) is 18.5 Å². The summed E-state index contributed by atoms with van der Waals surface area (Å²) < 4.78 is 42.9. The molecule has 2 aromatic heterocycles. The van der Waals surface area contributed by atoms with Gasteiger partial charge in [0.25, 0.3) is 5.91 Å². The Labute approximate surface area is 174 Å². The van der Waals surface area contributed by atoms with E-state index in [1.54, 1.807) is 5.32 Å². The van der Waals surface area contributed by atoms with E-state index < -0.39 is 18.6 Å². The molecule has 2 aromatic rings. The van der Waals surface area contributed by atoms with Gasteiger partial charge in [-0.2, -0.15) is 18.4 Å². The number of nitrogens with zero attached hydrogens (tertiary/aromatic N) is 5. The Kier molecular flexibility index (Phi) is 7.11. The number of halogens is 3. The third-order valence-corrected chi connectivity index (χ3v) is 4.01. The lowest BCUT2D eigenvalue weighted by Crippen LogP contribution is -2.42. The van der Waals surface area contributed by atoms with Crippen LogP contribution in [0.2, 0.25) is 0 Å². The van der Waals surface area contributed by atoms with Gasteiger partial charge in [-0.1, -0.05) is 0 Å². The van der Waals surface area contributed by atoms with E-state index in [0.717, 1.165) is 6.54 Å². The van der Waals surface area contributed by atoms with Crippen LogP contribution >= 0.6 is 0 Å². The lowest BCUT2D eigenvalue weighted by molar-refractivity contribution is -0.123. The molecule has 3 heterocycles. The molecule has 1 fully saturated rings. The molecule has 1 atom stereocenters. The van der Waals surface area contributed by atoms with Gasteiger partial charge in [0.2, 0.25) is 0 Å². The van der Waals surface area contributed by atoms with Gasteiger partial charge < -0.3 is 26.0 Å². The lowest BCUT2D eigenvalue weighted by Gasteiger charge is -2.24. The minimum atomic E-state index is -4.56. The number of carbonyl (C=O) groups is 1. The first kappa shape index (κ1) is 22.1. The van der Waals surface area contributed by atoms with Crippen molar-refractivity contribution in [3.05, 3.63) is 29.8 Å². The quantitative estimate of drug-likeness (QED) is 0.484. The third kappa shape index (κ3) is 6.73. The summed E-state index contributed by atoms with van der Waals surface area (Å²) in [5.41, 5.74) is -0.0193. The van der Waals surface area contributed by atoms with Gasteiger partial charge in [0.1, 0.15) is 18.4 Å². The molecule has 4 N–H and O–H groups in total. The highest BCUT2D eigenvalue weighted by Crippen LogP contribution is 2.20. The fourth-order valence-corrected chi connectivity index (χ4v) is 2.58. The fraction of sp³-hybridized carbons (Fsp3) is 0.412. The zero-order valence-corrected chi connectivity index (χ0v) is 16.0. The monoisotopic (exact) mass is 437 g/mol. The molecule has 1 aliphatic rings. The van der Waals surface area contributed by atoms with Crippen LogP contribution in [0, 0.1) is 11.3 Å². The van der Waals surface area contributed by atoms with Gasteiger partial charge in [0.15, 0.2) is 17.2 Å². The number of rotatable bonds is 7. The zero-order valence-electron chi connectivity index (χ0n) is 16.0. The summed E-state index contributed by atoms with van der Waals surface area (Å²) >= 11 is 0. The first-order valence-corrected chi connectivity index (χ1v) is 9.12. The van der Waals surface area contributed by atoms with Crippen molar-refractivity contribution in [1.82, 2.24) is 30.8 Å². The highest BCUT2D eigenvalue weighted by molar-refractivity contribution is 5.97. The van der Waals surface area contributed by atoms with Crippen LogP contribution in [0.4, 0.5) is 30.5 Å². The topological polar surface area (TPSA) is 150 Å². The van der Waals surface area contributed by atoms with Gasteiger partial charge in [0, 0.05) is 25.7 Å². The van der Waals surface area contributed by atoms with Crippen molar-refractivity contribution in [3.8, 4) is 6.07 Å². The van der Waals surface area contributed by atoms with Crippen molar-refractivity contribution >= 4 is 23.2 Å². The molecule has 3 rings (SSSR count). The molecule has 1 aliphatic heterocycles. The van der Waals surface area contributed by atoms with Crippen LogP contribution in [0.1, 0.15) is 16.2 Å². The number of nitriles is 1. The van der Waals surface area contributed by atoms with Crippen molar-refractivity contribution in [1.29, 1.82) is 5.26 Å². The molecular weight excluding hydrogens is 419 g/mol. The normalized spacial score (nSPS) is 16.3. The molecule has 164 valence electrons. The number of anilines is 3. The summed E-state index contributed by atoms with van der Waals surface area (Å²) in [7, 11) is 0. The van der Waals surface area contributed by atoms with E-state index in [2.05, 4.69) is 36.1 Å². The van der Waals surface area contributed by atoms with Crippen LogP contribution < -0.4 is 21.3 Å². The van der Waals surface area contributed by atoms with E-state index in [1.807, 2.05) is 6.07 Å². The number of ether oxygens (including phenoxy) is 1. The minimum Gasteiger partial charge on any atom is -0.380 e. The van der Waals surface area contributed by atoms with E-state index in [9.17, 15) is 18.0 Å². The van der Waals surface area contributed by atoms with Crippen LogP contribution in [-0.4, -0.2) is 71.1 Å². The van der Waals surface area contributed by atoms with E-state index >= 15 is 0 Å². The molecule has 14 heteroatoms. The average molecular weight is 437 g/mol. The summed E-state index contributed by atoms with van der Waals surface area (Å²) in [6, 6.07) is 3.25. The number of carbonyl (C=O) groups excluding carboxylic acids is 1. The molecule has 0 aliphatic carbocycles. The molecule has 11 nitrogen and oxygen atoms in total. The number of alkyl halides is 3. The van der Waals surface area contributed by atoms with Crippen LogP contribution in [0.3, 0.4) is 0 Å². The SMILES string of the molecule is N#Cc1cnc(Nc2cc(NC[C@@H]3CNCCO3)c(C(=O)NCC(F)(F)F)nn2)cn1. The van der Waals surface area contributed by atoms with Crippen molar-refractivity contribution in [2.24, 2.45) is 0 Å². The maximum atomic E-state index is 12.5. The predicted octanol–water partition coefficient (Wildman–Crippen LogP) is 0.574. The van der Waals surface area contributed by atoms with E-state index in [4.69, 9.17) is 10.00 Å². The van der Waals surface area contributed by atoms with Crippen molar-refractivity contribution in [2.75, 3.05) is 43.4 Å². The van der Waals surface area contributed by atoms with Crippen LogP contribution in [-0.2, 0) is 4.74 Å². The number of nitrogens with one attached hydrogen (secondary N) is 4. The number of hydrogen-bond donors (Lipinski definition) is 4. The van der Waals surface area contributed by atoms with Crippen molar-refractivity contribution < 1.29 is 22.7 Å². The van der Waals surface area contributed by atoms with Gasteiger partial charge in [-0.05, 0) is 0 Å². The number of hydrogen-bond acceptors (Lipinski definition) is 10. The number of amides is 1. The van der Waals surface area contributed by atoms with Gasteiger partial charge in [-0.25, -0.2) is 9.97 Å². The minimum absolute atomic E-state index is 0.122. The Bertz CT molecular complexity index is 941. The molecule has 0 aromatic carbocycles. The molecule has 31 heavy (non-hydrogen) atoms. The Morgan fingerprint density at radius 3 is 2.77 bits per heavy atom. The number of aromatic nitrogens is 4. The molecule has 0 saturated carbocycles. The average Bonchev–Trinajstić information content (AvgIpc) is 2.77. The standard InChI is InChI=1S/C17H18F3N9O2/c18-17(19,20)9-26-16(30)15-12(24-7-11-6-22-1-2-31-11)3-13(28-29-15)27-14-8-23-10(4-21)5-25-14/h3,5,8,11,22H,1-2,6-7,9H2,(H,26,30)(H2,24,25,27,28)/t11-/m0/s1. The second-order valence-corrected chi connectivity index (χ2v) is 6.39. The van der Waals surface area contributed by atoms with E-state index in [0.29, 0.717) is 13.2 Å². The van der Waals surface area contributed by atoms with Crippen molar-refractivity contribution in [2.45, 2.75) is 12.3 Å². The molecule has 0 spiro atoms. The van der Waals surface area contributed by atoms with Gasteiger partial charge >= 0.3 is 6.18 Å². The molecule has 1 amide bonds. The van der Waals surface area contributed by atoms with Crippen LogP contribution in [0.25, 0.3) is 0 Å². The third-order valence-electron chi connectivity index (χ3n) is 4.01. The zero-order chi connectivity index (χ0) is 22.3. The maximum absolute atomic E-state index is 12.5. The summed E-state index contributed by atoms with van der Waals surface area (Å²) in [6.07, 6.45) is -2.21. The maximum Gasteiger partial charge on any atom is 0.405 e. The summed E-state index contributed by atoms with van der Waals surface area (Å²) in [4.78, 5) is 20.1. The highest BCUT2D eigenvalue weighted by atomic mass is 19.4. The van der Waals surface area contributed by atoms with Gasteiger partial charge in [0.05, 0.1) is 30.8 Å². The Morgan fingerprint density at radius 2 is 2.13 bits per heavy atom. The Hall–Kier alpha value is -3.57. The Morgan fingerprint density at radius 1 is 1.29 bits per heavy atom. The van der Waals surface area contributed by atoms with E-state index in [-0.39, 0.29) is 41.4 Å². The van der Waals surface area contributed by atoms with Gasteiger partial charge in [-0.15, -0.1) is 10.2 Å². The summed E-state index contributed by atoms with van der Waals surface area (Å²) in [5, 5.41) is 27.1. The molecule has 0 radical (unpaired) electrons. The summed E-state index contributed by atoms with van der Waals surface area (Å²) in [5.74, 6) is -0.607. The molecule has 1 saturated heterocycles. The predicted molar refractivity (Wildman–Crippen MR) is 102 cm³/mol. The first-order chi connectivity index (χ1) is 14.8. The van der Waals surface area contributed by atoms with Gasteiger partial charge in [-0.3, -0.25) is 4.79 Å². The second kappa shape index (κ2) is 9.96. The largest absolute Gasteiger partial charge is 0.405 e. The Balaban J connectivity index is 1.77. The van der Waals surface area contributed by atoms with Crippen molar-refractivity contribution in [3.63, 3.8) is 0 Å². The smallest absolute Gasteiger partial charge is 0.380 e. The second-order valence-electron chi connectivity index (χ2n) is 6.39. The summed E-state index contributed by atoms with van der Waals surface area (Å²) in [6.45, 7) is 0.604. The number of morpholine rings is 1. The molecular formula is C17H18F3N9O2. The molecule has 0 bridgehead atoms. The fourth-order valence-electron chi connectivity index (χ4n) is 2.58. The van der Waals surface area contributed by atoms with Crippen LogP contribution in [0.5, 0.6) is 0 Å². The first-order valence-electron chi connectivity index (χ1n) is 9.12.